The Labute approximate surface area is 280 Å². The van der Waals surface area contributed by atoms with Gasteiger partial charge >= 0.3 is 5.97 Å². The maximum absolute atomic E-state index is 13.5. The zero-order chi connectivity index (χ0) is 33.5. The van der Waals surface area contributed by atoms with E-state index in [0.29, 0.717) is 38.3 Å². The molecule has 47 heavy (non-hydrogen) atoms. The SMILES string of the molecule is COc1ccc(NC(=O)[C@@H](OC(=O)c2ccccc2SCC(=O)Nc2c(C)n(C)n(-c3ccccc3)c2=O)c2ccccc2)cc1Cl. The first-order chi connectivity index (χ1) is 22.7. The van der Waals surface area contributed by atoms with E-state index in [1.54, 1.807) is 97.5 Å². The minimum Gasteiger partial charge on any atom is -0.495 e. The molecular weight excluding hydrogens is 640 g/mol. The largest absolute Gasteiger partial charge is 0.495 e. The molecule has 2 N–H and O–H groups in total. The Morgan fingerprint density at radius 1 is 0.894 bits per heavy atom. The van der Waals surface area contributed by atoms with E-state index in [1.165, 1.54) is 17.9 Å². The summed E-state index contributed by atoms with van der Waals surface area (Å²) < 4.78 is 14.1. The number of hydrogen-bond acceptors (Lipinski definition) is 7. The highest BCUT2D eigenvalue weighted by molar-refractivity contribution is 8.00. The van der Waals surface area contributed by atoms with Crippen LogP contribution < -0.4 is 20.9 Å². The molecule has 0 saturated heterocycles. The Bertz CT molecular complexity index is 1980. The average molecular weight is 671 g/mol. The summed E-state index contributed by atoms with van der Waals surface area (Å²) in [4.78, 5) is 53.7. The number of nitrogens with one attached hydrogen (secondary N) is 2. The molecule has 0 unspecified atom stereocenters. The first-order valence-corrected chi connectivity index (χ1v) is 15.8. The summed E-state index contributed by atoms with van der Waals surface area (Å²) >= 11 is 7.33. The van der Waals surface area contributed by atoms with E-state index >= 15 is 0 Å². The van der Waals surface area contributed by atoms with Crippen molar-refractivity contribution in [2.45, 2.75) is 17.9 Å². The summed E-state index contributed by atoms with van der Waals surface area (Å²) in [5.41, 5.74) is 2.09. The minimum absolute atomic E-state index is 0.0930. The molecule has 1 atom stereocenters. The van der Waals surface area contributed by atoms with Crippen molar-refractivity contribution < 1.29 is 23.9 Å². The van der Waals surface area contributed by atoms with Gasteiger partial charge in [-0.3, -0.25) is 19.1 Å². The molecule has 2 amide bonds. The van der Waals surface area contributed by atoms with Crippen LogP contribution in [0.15, 0.2) is 113 Å². The molecular formula is C35H31ClN4O6S. The zero-order valence-corrected chi connectivity index (χ0v) is 27.3. The molecule has 0 aliphatic rings. The molecule has 1 aromatic heterocycles. The molecule has 1 heterocycles. The molecule has 10 nitrogen and oxygen atoms in total. The van der Waals surface area contributed by atoms with E-state index in [4.69, 9.17) is 21.1 Å². The lowest BCUT2D eigenvalue weighted by molar-refractivity contribution is -0.125. The number of benzene rings is 4. The van der Waals surface area contributed by atoms with Gasteiger partial charge in [0.2, 0.25) is 12.0 Å². The second kappa shape index (κ2) is 14.9. The predicted octanol–water partition coefficient (Wildman–Crippen LogP) is 6.41. The molecule has 0 aliphatic carbocycles. The van der Waals surface area contributed by atoms with E-state index < -0.39 is 23.9 Å². The number of methoxy groups -OCH3 is 1. The van der Waals surface area contributed by atoms with Crippen LogP contribution in [0.25, 0.3) is 5.69 Å². The number of hydrogen-bond donors (Lipinski definition) is 2. The lowest BCUT2D eigenvalue weighted by Crippen LogP contribution is -2.26. The number of rotatable bonds is 11. The summed E-state index contributed by atoms with van der Waals surface area (Å²) in [6.07, 6.45) is -1.29. The number of carbonyl (C=O) groups excluding carboxylic acids is 3. The molecule has 12 heteroatoms. The van der Waals surface area contributed by atoms with E-state index in [1.807, 2.05) is 18.2 Å². The maximum Gasteiger partial charge on any atom is 0.340 e. The smallest absolute Gasteiger partial charge is 0.340 e. The van der Waals surface area contributed by atoms with Gasteiger partial charge < -0.3 is 20.1 Å². The lowest BCUT2D eigenvalue weighted by Gasteiger charge is -2.19. The van der Waals surface area contributed by atoms with Gasteiger partial charge in [0.1, 0.15) is 11.4 Å². The van der Waals surface area contributed by atoms with Gasteiger partial charge in [-0.15, -0.1) is 11.8 Å². The number of halogens is 1. The van der Waals surface area contributed by atoms with Crippen molar-refractivity contribution >= 4 is 52.5 Å². The number of esters is 1. The number of aromatic nitrogens is 2. The van der Waals surface area contributed by atoms with Crippen molar-refractivity contribution in [3.8, 4) is 11.4 Å². The summed E-state index contributed by atoms with van der Waals surface area (Å²) in [5, 5.41) is 5.78. The van der Waals surface area contributed by atoms with Crippen LogP contribution in [0.4, 0.5) is 11.4 Å². The Kier molecular flexibility index (Phi) is 10.5. The van der Waals surface area contributed by atoms with Gasteiger partial charge in [0.15, 0.2) is 0 Å². The third kappa shape index (κ3) is 7.59. The van der Waals surface area contributed by atoms with Crippen LogP contribution >= 0.6 is 23.4 Å². The Balaban J connectivity index is 1.30. The predicted molar refractivity (Wildman–Crippen MR) is 183 cm³/mol. The summed E-state index contributed by atoms with van der Waals surface area (Å²) in [6.45, 7) is 1.75. The van der Waals surface area contributed by atoms with Crippen LogP contribution in [0, 0.1) is 6.92 Å². The van der Waals surface area contributed by atoms with E-state index in [0.717, 1.165) is 11.8 Å². The second-order valence-electron chi connectivity index (χ2n) is 10.3. The highest BCUT2D eigenvalue weighted by Gasteiger charge is 2.27. The molecule has 0 bridgehead atoms. The first kappa shape index (κ1) is 33.1. The second-order valence-corrected chi connectivity index (χ2v) is 11.7. The van der Waals surface area contributed by atoms with Crippen LogP contribution in [-0.2, 0) is 21.4 Å². The molecule has 0 spiro atoms. The quantitative estimate of drug-likeness (QED) is 0.123. The average Bonchev–Trinajstić information content (AvgIpc) is 3.29. The maximum atomic E-state index is 13.5. The fourth-order valence-corrected chi connectivity index (χ4v) is 5.91. The standard InChI is InChI=1S/C35H31ClN4O6S/c1-22-31(34(43)40(39(22)2)25-14-8-5-9-15-25)38-30(41)21-47-29-17-11-10-16-26(29)35(44)46-32(23-12-6-4-7-13-23)33(42)37-24-18-19-28(45-3)27(36)20-24/h4-20,32H,21H2,1-3H3,(H,37,42)(H,38,41)/t32-/m0/s1. The molecule has 0 fully saturated rings. The van der Waals surface area contributed by atoms with Gasteiger partial charge in [-0.1, -0.05) is 72.3 Å². The molecule has 5 rings (SSSR count). The summed E-state index contributed by atoms with van der Waals surface area (Å²) in [6, 6.07) is 29.1. The van der Waals surface area contributed by atoms with E-state index in [2.05, 4.69) is 10.6 Å². The van der Waals surface area contributed by atoms with Crippen molar-refractivity contribution in [3.05, 3.63) is 135 Å². The van der Waals surface area contributed by atoms with Crippen molar-refractivity contribution in [1.29, 1.82) is 0 Å². The van der Waals surface area contributed by atoms with Crippen LogP contribution in [0.2, 0.25) is 5.02 Å². The van der Waals surface area contributed by atoms with Crippen LogP contribution in [-0.4, -0.2) is 40.0 Å². The van der Waals surface area contributed by atoms with Gasteiger partial charge in [0.05, 0.1) is 34.8 Å². The molecule has 240 valence electrons. The molecule has 0 saturated carbocycles. The number of para-hydroxylation sites is 1. The van der Waals surface area contributed by atoms with Crippen molar-refractivity contribution in [2.75, 3.05) is 23.5 Å². The van der Waals surface area contributed by atoms with E-state index in [9.17, 15) is 19.2 Å². The Hall–Kier alpha value is -5.26. The van der Waals surface area contributed by atoms with Crippen molar-refractivity contribution in [1.82, 2.24) is 9.36 Å². The highest BCUT2D eigenvalue weighted by atomic mass is 35.5. The third-order valence-corrected chi connectivity index (χ3v) is 8.64. The van der Waals surface area contributed by atoms with Gasteiger partial charge in [0, 0.05) is 23.2 Å². The topological polar surface area (TPSA) is 121 Å². The number of nitrogens with zero attached hydrogens (tertiary/aromatic N) is 2. The van der Waals surface area contributed by atoms with Crippen LogP contribution in [0.3, 0.4) is 0 Å². The summed E-state index contributed by atoms with van der Waals surface area (Å²) in [5.74, 6) is -1.42. The van der Waals surface area contributed by atoms with Crippen LogP contribution in [0.5, 0.6) is 5.75 Å². The van der Waals surface area contributed by atoms with Crippen molar-refractivity contribution in [3.63, 3.8) is 0 Å². The number of ether oxygens (including phenoxy) is 2. The van der Waals surface area contributed by atoms with E-state index in [-0.39, 0.29) is 22.6 Å². The van der Waals surface area contributed by atoms with Gasteiger partial charge in [-0.05, 0) is 49.4 Å². The highest BCUT2D eigenvalue weighted by Crippen LogP contribution is 2.30. The Morgan fingerprint density at radius 2 is 1.55 bits per heavy atom. The number of thioether (sulfide) groups is 1. The molecule has 4 aromatic carbocycles. The van der Waals surface area contributed by atoms with Crippen LogP contribution in [0.1, 0.15) is 27.7 Å². The fourth-order valence-electron chi connectivity index (χ4n) is 4.82. The molecule has 5 aromatic rings. The third-order valence-electron chi connectivity index (χ3n) is 7.27. The number of carbonyl (C=O) groups is 3. The Morgan fingerprint density at radius 3 is 2.23 bits per heavy atom. The summed E-state index contributed by atoms with van der Waals surface area (Å²) in [7, 11) is 3.23. The molecule has 0 aliphatic heterocycles. The first-order valence-electron chi connectivity index (χ1n) is 14.4. The molecule has 0 radical (unpaired) electrons. The minimum atomic E-state index is -1.29. The zero-order valence-electron chi connectivity index (χ0n) is 25.7. The van der Waals surface area contributed by atoms with Crippen molar-refractivity contribution in [2.24, 2.45) is 7.05 Å². The fraction of sp³-hybridized carbons (Fsp3) is 0.143. The monoisotopic (exact) mass is 670 g/mol. The van der Waals surface area contributed by atoms with Gasteiger partial charge in [-0.25, -0.2) is 9.48 Å². The number of amides is 2. The van der Waals surface area contributed by atoms with Gasteiger partial charge in [-0.2, -0.15) is 0 Å². The lowest BCUT2D eigenvalue weighted by atomic mass is 10.1. The normalized spacial score (nSPS) is 11.4. The van der Waals surface area contributed by atoms with Gasteiger partial charge in [0.25, 0.3) is 11.5 Å². The number of anilines is 2.